The minimum Gasteiger partial charge on any atom is -0.338 e. The molecule has 0 unspecified atom stereocenters. The van der Waals surface area contributed by atoms with E-state index in [1.54, 1.807) is 0 Å². The molecule has 1 aliphatic heterocycles. The van der Waals surface area contributed by atoms with Gasteiger partial charge in [-0.25, -0.2) is 0 Å². The van der Waals surface area contributed by atoms with Gasteiger partial charge in [0.2, 0.25) is 11.8 Å². The fourth-order valence-electron chi connectivity index (χ4n) is 2.84. The molecule has 1 aromatic carbocycles. The fraction of sp³-hybridized carbons (Fsp3) is 0.500. The largest absolute Gasteiger partial charge is 0.338 e. The highest BCUT2D eigenvalue weighted by Crippen LogP contribution is 2.16. The van der Waals surface area contributed by atoms with Crippen molar-refractivity contribution in [3.63, 3.8) is 0 Å². The molecule has 1 fully saturated rings. The van der Waals surface area contributed by atoms with Gasteiger partial charge in [0.1, 0.15) is 0 Å². The van der Waals surface area contributed by atoms with Gasteiger partial charge >= 0.3 is 0 Å². The van der Waals surface area contributed by atoms with E-state index in [1.165, 1.54) is 0 Å². The monoisotopic (exact) mass is 328 g/mol. The van der Waals surface area contributed by atoms with E-state index in [2.05, 4.69) is 27.6 Å². The molecule has 2 heterocycles. The van der Waals surface area contributed by atoms with Crippen molar-refractivity contribution in [2.45, 2.75) is 51.7 Å². The van der Waals surface area contributed by atoms with Crippen LogP contribution in [0.3, 0.4) is 0 Å². The lowest BCUT2D eigenvalue weighted by Gasteiger charge is -2.33. The zero-order valence-electron chi connectivity index (χ0n) is 14.2. The second-order valence-electron chi connectivity index (χ2n) is 6.58. The summed E-state index contributed by atoms with van der Waals surface area (Å²) in [5.41, 5.74) is 1.16. The number of likely N-dealkylation sites (tertiary alicyclic amines) is 1. The van der Waals surface area contributed by atoms with Crippen molar-refractivity contribution in [2.24, 2.45) is 0 Å². The molecule has 6 heteroatoms. The Morgan fingerprint density at radius 2 is 2.12 bits per heavy atom. The standard InChI is InChI=1S/C18H24N4O2/c1-13(2)18-20-16(24-21-18)10-19-15-8-9-17(23)22(12-15)11-14-6-4-3-5-7-14/h3-7,13,15,19H,8-12H2,1-2H3/t15-/m0/s1. The fourth-order valence-corrected chi connectivity index (χ4v) is 2.84. The summed E-state index contributed by atoms with van der Waals surface area (Å²) in [4.78, 5) is 18.4. The highest BCUT2D eigenvalue weighted by atomic mass is 16.5. The van der Waals surface area contributed by atoms with E-state index in [1.807, 2.05) is 36.9 Å². The van der Waals surface area contributed by atoms with Crippen molar-refractivity contribution in [2.75, 3.05) is 6.54 Å². The predicted octanol–water partition coefficient (Wildman–Crippen LogP) is 2.47. The van der Waals surface area contributed by atoms with Gasteiger partial charge < -0.3 is 14.7 Å². The van der Waals surface area contributed by atoms with Gasteiger partial charge in [0.15, 0.2) is 5.82 Å². The summed E-state index contributed by atoms with van der Waals surface area (Å²) in [6.45, 7) is 5.99. The molecule has 0 aliphatic carbocycles. The molecule has 1 saturated heterocycles. The van der Waals surface area contributed by atoms with E-state index >= 15 is 0 Å². The van der Waals surface area contributed by atoms with Gasteiger partial charge in [0, 0.05) is 31.5 Å². The van der Waals surface area contributed by atoms with Gasteiger partial charge in [0.05, 0.1) is 6.54 Å². The molecule has 1 amide bonds. The first-order chi connectivity index (χ1) is 11.6. The molecule has 0 saturated carbocycles. The molecule has 3 rings (SSSR count). The number of carbonyl (C=O) groups is 1. The molecule has 0 bridgehead atoms. The van der Waals surface area contributed by atoms with Crippen molar-refractivity contribution in [3.8, 4) is 0 Å². The van der Waals surface area contributed by atoms with Crippen molar-refractivity contribution >= 4 is 5.91 Å². The van der Waals surface area contributed by atoms with E-state index in [0.717, 1.165) is 17.8 Å². The van der Waals surface area contributed by atoms with E-state index < -0.39 is 0 Å². The third kappa shape index (κ3) is 4.20. The summed E-state index contributed by atoms with van der Waals surface area (Å²) in [6.07, 6.45) is 1.42. The van der Waals surface area contributed by atoms with E-state index in [9.17, 15) is 4.79 Å². The number of carbonyl (C=O) groups excluding carboxylic acids is 1. The summed E-state index contributed by atoms with van der Waals surface area (Å²) in [5.74, 6) is 1.81. The second kappa shape index (κ2) is 7.57. The van der Waals surface area contributed by atoms with Crippen LogP contribution in [0.4, 0.5) is 0 Å². The molecule has 1 aromatic heterocycles. The molecular formula is C18H24N4O2. The Hall–Kier alpha value is -2.21. The van der Waals surface area contributed by atoms with Crippen LogP contribution < -0.4 is 5.32 Å². The van der Waals surface area contributed by atoms with Gasteiger partial charge in [-0.1, -0.05) is 49.3 Å². The SMILES string of the molecule is CC(C)c1noc(CN[C@H]2CCC(=O)N(Cc3ccccc3)C2)n1. The van der Waals surface area contributed by atoms with Gasteiger partial charge in [-0.3, -0.25) is 4.79 Å². The number of nitrogens with one attached hydrogen (secondary N) is 1. The first-order valence-electron chi connectivity index (χ1n) is 8.49. The Bertz CT molecular complexity index is 669. The molecule has 0 radical (unpaired) electrons. The van der Waals surface area contributed by atoms with Crippen molar-refractivity contribution in [1.82, 2.24) is 20.4 Å². The molecule has 128 valence electrons. The molecule has 0 spiro atoms. The van der Waals surface area contributed by atoms with Crippen molar-refractivity contribution in [1.29, 1.82) is 0 Å². The van der Waals surface area contributed by atoms with Crippen LogP contribution in [-0.4, -0.2) is 33.5 Å². The average Bonchev–Trinajstić information content (AvgIpc) is 3.06. The number of piperidine rings is 1. The number of aromatic nitrogens is 2. The van der Waals surface area contributed by atoms with E-state index in [0.29, 0.717) is 31.9 Å². The maximum atomic E-state index is 12.2. The molecule has 2 aromatic rings. The molecule has 1 N–H and O–H groups in total. The summed E-state index contributed by atoms with van der Waals surface area (Å²) in [5, 5.41) is 7.41. The molecular weight excluding hydrogens is 304 g/mol. The third-order valence-corrected chi connectivity index (χ3v) is 4.26. The lowest BCUT2D eigenvalue weighted by Crippen LogP contribution is -2.47. The van der Waals surface area contributed by atoms with Gasteiger partial charge in [0.25, 0.3) is 0 Å². The normalized spacial score (nSPS) is 18.4. The summed E-state index contributed by atoms with van der Waals surface area (Å²) in [7, 11) is 0. The lowest BCUT2D eigenvalue weighted by molar-refractivity contribution is -0.134. The number of hydrogen-bond acceptors (Lipinski definition) is 5. The van der Waals surface area contributed by atoms with Crippen LogP contribution >= 0.6 is 0 Å². The van der Waals surface area contributed by atoms with Crippen LogP contribution in [-0.2, 0) is 17.9 Å². The van der Waals surface area contributed by atoms with Crippen LogP contribution in [0.1, 0.15) is 49.9 Å². The van der Waals surface area contributed by atoms with Crippen LogP contribution in [0.15, 0.2) is 34.9 Å². The number of nitrogens with zero attached hydrogens (tertiary/aromatic N) is 3. The van der Waals surface area contributed by atoms with Crippen LogP contribution in [0.2, 0.25) is 0 Å². The Morgan fingerprint density at radius 1 is 1.33 bits per heavy atom. The highest BCUT2D eigenvalue weighted by molar-refractivity contribution is 5.77. The molecule has 24 heavy (non-hydrogen) atoms. The zero-order chi connectivity index (χ0) is 16.9. The molecule has 1 atom stereocenters. The van der Waals surface area contributed by atoms with Gasteiger partial charge in [-0.2, -0.15) is 4.98 Å². The maximum absolute atomic E-state index is 12.2. The first kappa shape index (κ1) is 16.6. The average molecular weight is 328 g/mol. The number of amides is 1. The minimum absolute atomic E-state index is 0.219. The smallest absolute Gasteiger partial charge is 0.240 e. The zero-order valence-corrected chi connectivity index (χ0v) is 14.2. The lowest BCUT2D eigenvalue weighted by atomic mass is 10.0. The van der Waals surface area contributed by atoms with Crippen molar-refractivity contribution < 1.29 is 9.32 Å². The Kier molecular flexibility index (Phi) is 5.25. The van der Waals surface area contributed by atoms with Crippen molar-refractivity contribution in [3.05, 3.63) is 47.6 Å². The van der Waals surface area contributed by atoms with Crippen LogP contribution in [0.25, 0.3) is 0 Å². The molecule has 6 nitrogen and oxygen atoms in total. The minimum atomic E-state index is 0.219. The quantitative estimate of drug-likeness (QED) is 0.882. The Morgan fingerprint density at radius 3 is 2.83 bits per heavy atom. The second-order valence-corrected chi connectivity index (χ2v) is 6.58. The van der Waals surface area contributed by atoms with Crippen LogP contribution in [0, 0.1) is 0 Å². The number of hydrogen-bond donors (Lipinski definition) is 1. The van der Waals surface area contributed by atoms with Crippen LogP contribution in [0.5, 0.6) is 0 Å². The Balaban J connectivity index is 1.53. The number of rotatable bonds is 6. The highest BCUT2D eigenvalue weighted by Gasteiger charge is 2.25. The maximum Gasteiger partial charge on any atom is 0.240 e. The topological polar surface area (TPSA) is 71.3 Å². The summed E-state index contributed by atoms with van der Waals surface area (Å²) < 4.78 is 5.26. The number of benzene rings is 1. The van der Waals surface area contributed by atoms with E-state index in [-0.39, 0.29) is 17.9 Å². The van der Waals surface area contributed by atoms with Gasteiger partial charge in [-0.05, 0) is 12.0 Å². The predicted molar refractivity (Wildman–Crippen MR) is 90.1 cm³/mol. The van der Waals surface area contributed by atoms with E-state index in [4.69, 9.17) is 4.52 Å². The summed E-state index contributed by atoms with van der Waals surface area (Å²) >= 11 is 0. The Labute approximate surface area is 142 Å². The van der Waals surface area contributed by atoms with Gasteiger partial charge in [-0.15, -0.1) is 0 Å². The summed E-state index contributed by atoms with van der Waals surface area (Å²) in [6, 6.07) is 10.3. The molecule has 1 aliphatic rings. The third-order valence-electron chi connectivity index (χ3n) is 4.26. The first-order valence-corrected chi connectivity index (χ1v) is 8.49.